The Morgan fingerprint density at radius 3 is 2.12 bits per heavy atom. The monoisotopic (exact) mass is 318 g/mol. The van der Waals surface area contributed by atoms with E-state index in [1.807, 2.05) is 24.3 Å². The van der Waals surface area contributed by atoms with Gasteiger partial charge in [-0.3, -0.25) is 9.59 Å². The summed E-state index contributed by atoms with van der Waals surface area (Å²) in [6.45, 7) is 0. The molecule has 1 aromatic heterocycles. The van der Waals surface area contributed by atoms with E-state index in [2.05, 4.69) is 4.98 Å². The number of carbonyl (C=O) groups is 3. The van der Waals surface area contributed by atoms with Crippen LogP contribution >= 0.6 is 0 Å². The molecule has 0 fully saturated rings. The smallest absolute Gasteiger partial charge is 0.323 e. The Bertz CT molecular complexity index is 978. The number of carbonyl (C=O) groups excluding carboxylic acids is 3. The summed E-state index contributed by atoms with van der Waals surface area (Å²) in [6.07, 6.45) is 1.54. The van der Waals surface area contributed by atoms with E-state index in [4.69, 9.17) is 4.84 Å². The summed E-state index contributed by atoms with van der Waals surface area (Å²) in [5.41, 5.74) is 0.439. The van der Waals surface area contributed by atoms with Crippen LogP contribution in [-0.4, -0.2) is 27.8 Å². The maximum absolute atomic E-state index is 12.3. The lowest BCUT2D eigenvalue weighted by atomic mass is 10.1. The molecule has 2 aromatic carbocycles. The molecule has 116 valence electrons. The van der Waals surface area contributed by atoms with Crippen molar-refractivity contribution in [1.29, 1.82) is 0 Å². The quantitative estimate of drug-likeness (QED) is 0.679. The van der Waals surface area contributed by atoms with Crippen LogP contribution in [0.3, 0.4) is 0 Å². The molecule has 0 unspecified atom stereocenters. The Hall–Kier alpha value is -3.54. The Morgan fingerprint density at radius 2 is 1.46 bits per heavy atom. The Kier molecular flexibility index (Phi) is 3.09. The van der Waals surface area contributed by atoms with Gasteiger partial charge >= 0.3 is 5.97 Å². The number of aromatic nitrogens is 1. The molecule has 1 aliphatic heterocycles. The zero-order valence-electron chi connectivity index (χ0n) is 12.3. The fourth-order valence-corrected chi connectivity index (χ4v) is 2.57. The minimum absolute atomic E-state index is 0.0188. The molecule has 0 radical (unpaired) electrons. The molecule has 2 heterocycles. The molecule has 0 spiro atoms. The molecular formula is C18H10N2O4. The van der Waals surface area contributed by atoms with Gasteiger partial charge in [-0.1, -0.05) is 41.5 Å². The molecule has 1 aliphatic rings. The molecular weight excluding hydrogens is 308 g/mol. The summed E-state index contributed by atoms with van der Waals surface area (Å²) in [7, 11) is 0. The standard InChI is InChI=1S/C18H10N2O4/c21-16-13-7-3-4-8-14(13)17(22)20(16)24-18(23)15-9-11-5-1-2-6-12(11)10-19-15/h1-10H. The van der Waals surface area contributed by atoms with Crippen LogP contribution < -0.4 is 0 Å². The van der Waals surface area contributed by atoms with Crippen LogP contribution in [-0.2, 0) is 4.84 Å². The van der Waals surface area contributed by atoms with Crippen molar-refractivity contribution in [2.45, 2.75) is 0 Å². The molecule has 24 heavy (non-hydrogen) atoms. The summed E-state index contributed by atoms with van der Waals surface area (Å²) >= 11 is 0. The highest BCUT2D eigenvalue weighted by Gasteiger charge is 2.38. The van der Waals surface area contributed by atoms with Crippen molar-refractivity contribution in [3.63, 3.8) is 0 Å². The number of imide groups is 1. The Morgan fingerprint density at radius 1 is 0.875 bits per heavy atom. The second-order valence-corrected chi connectivity index (χ2v) is 5.25. The van der Waals surface area contributed by atoms with Gasteiger partial charge in [0.1, 0.15) is 0 Å². The van der Waals surface area contributed by atoms with Crippen LogP contribution in [0.25, 0.3) is 10.8 Å². The molecule has 0 saturated heterocycles. The van der Waals surface area contributed by atoms with Crippen LogP contribution in [0.1, 0.15) is 31.2 Å². The third-order valence-corrected chi connectivity index (χ3v) is 3.77. The molecule has 6 heteroatoms. The Balaban J connectivity index is 1.62. The average molecular weight is 318 g/mol. The van der Waals surface area contributed by atoms with Crippen LogP contribution in [0.4, 0.5) is 0 Å². The van der Waals surface area contributed by atoms with E-state index in [0.29, 0.717) is 5.06 Å². The van der Waals surface area contributed by atoms with Gasteiger partial charge in [0.2, 0.25) is 0 Å². The van der Waals surface area contributed by atoms with E-state index >= 15 is 0 Å². The van der Waals surface area contributed by atoms with Gasteiger partial charge in [0.15, 0.2) is 5.69 Å². The first-order chi connectivity index (χ1) is 11.6. The molecule has 4 rings (SSSR count). The Labute approximate surface area is 136 Å². The third-order valence-electron chi connectivity index (χ3n) is 3.77. The predicted molar refractivity (Wildman–Crippen MR) is 84.1 cm³/mol. The van der Waals surface area contributed by atoms with Crippen molar-refractivity contribution < 1.29 is 19.2 Å². The molecule has 0 saturated carbocycles. The van der Waals surface area contributed by atoms with Gasteiger partial charge < -0.3 is 4.84 Å². The summed E-state index contributed by atoms with van der Waals surface area (Å²) in [6, 6.07) is 15.2. The number of rotatable bonds is 2. The first-order valence-electron chi connectivity index (χ1n) is 7.20. The van der Waals surface area contributed by atoms with E-state index in [1.54, 1.807) is 18.2 Å². The van der Waals surface area contributed by atoms with Gasteiger partial charge in [-0.2, -0.15) is 0 Å². The van der Waals surface area contributed by atoms with Gasteiger partial charge in [-0.25, -0.2) is 9.78 Å². The fraction of sp³-hybridized carbons (Fsp3) is 0. The summed E-state index contributed by atoms with van der Waals surface area (Å²) in [5.74, 6) is -2.19. The van der Waals surface area contributed by atoms with Crippen molar-refractivity contribution in [2.75, 3.05) is 0 Å². The van der Waals surface area contributed by atoms with Gasteiger partial charge in [0, 0.05) is 11.6 Å². The van der Waals surface area contributed by atoms with E-state index < -0.39 is 17.8 Å². The van der Waals surface area contributed by atoms with Crippen molar-refractivity contribution in [3.05, 3.63) is 77.6 Å². The lowest BCUT2D eigenvalue weighted by molar-refractivity contribution is -0.0588. The molecule has 6 nitrogen and oxygen atoms in total. The molecule has 3 aromatic rings. The van der Waals surface area contributed by atoms with Crippen LogP contribution in [0.5, 0.6) is 0 Å². The number of fused-ring (bicyclic) bond motifs is 2. The second-order valence-electron chi connectivity index (χ2n) is 5.25. The second kappa shape index (κ2) is 5.27. The number of amides is 2. The number of hydrogen-bond donors (Lipinski definition) is 0. The number of hydrogen-bond acceptors (Lipinski definition) is 5. The largest absolute Gasteiger partial charge is 0.382 e. The summed E-state index contributed by atoms with van der Waals surface area (Å²) < 4.78 is 0. The van der Waals surface area contributed by atoms with Crippen molar-refractivity contribution in [1.82, 2.24) is 10.0 Å². The van der Waals surface area contributed by atoms with Crippen molar-refractivity contribution >= 4 is 28.6 Å². The minimum atomic E-state index is -0.866. The van der Waals surface area contributed by atoms with Crippen molar-refractivity contribution in [2.24, 2.45) is 0 Å². The number of pyridine rings is 1. The third kappa shape index (κ3) is 2.13. The van der Waals surface area contributed by atoms with Gasteiger partial charge in [-0.15, -0.1) is 0 Å². The zero-order chi connectivity index (χ0) is 16.7. The number of nitrogens with zero attached hydrogens (tertiary/aromatic N) is 2. The highest BCUT2D eigenvalue weighted by atomic mass is 16.7. The maximum Gasteiger partial charge on any atom is 0.382 e. The molecule has 0 N–H and O–H groups in total. The number of benzene rings is 2. The molecule has 0 bridgehead atoms. The van der Waals surface area contributed by atoms with Crippen molar-refractivity contribution in [3.8, 4) is 0 Å². The SMILES string of the molecule is O=C(ON1C(=O)c2ccccc2C1=O)c1cc2ccccc2cn1. The maximum atomic E-state index is 12.3. The first kappa shape index (κ1) is 14.1. The summed E-state index contributed by atoms with van der Waals surface area (Å²) in [4.78, 5) is 45.7. The van der Waals surface area contributed by atoms with E-state index in [9.17, 15) is 14.4 Å². The van der Waals surface area contributed by atoms with E-state index in [1.165, 1.54) is 18.3 Å². The average Bonchev–Trinajstić information content (AvgIpc) is 2.86. The predicted octanol–water partition coefficient (Wildman–Crippen LogP) is 2.60. The van der Waals surface area contributed by atoms with Crippen LogP contribution in [0, 0.1) is 0 Å². The highest BCUT2D eigenvalue weighted by Crippen LogP contribution is 2.23. The lowest BCUT2D eigenvalue weighted by Crippen LogP contribution is -2.32. The topological polar surface area (TPSA) is 76.6 Å². The zero-order valence-corrected chi connectivity index (χ0v) is 12.3. The molecule has 0 atom stereocenters. The first-order valence-corrected chi connectivity index (χ1v) is 7.20. The minimum Gasteiger partial charge on any atom is -0.323 e. The van der Waals surface area contributed by atoms with Crippen LogP contribution in [0.2, 0.25) is 0 Å². The van der Waals surface area contributed by atoms with E-state index in [-0.39, 0.29) is 16.8 Å². The fourth-order valence-electron chi connectivity index (χ4n) is 2.57. The normalized spacial score (nSPS) is 13.2. The highest BCUT2D eigenvalue weighted by molar-refractivity contribution is 6.21. The van der Waals surface area contributed by atoms with E-state index in [0.717, 1.165) is 10.8 Å². The lowest BCUT2D eigenvalue weighted by Gasteiger charge is -2.12. The van der Waals surface area contributed by atoms with Gasteiger partial charge in [0.05, 0.1) is 11.1 Å². The molecule has 0 aliphatic carbocycles. The van der Waals surface area contributed by atoms with Crippen LogP contribution in [0.15, 0.2) is 60.8 Å². The van der Waals surface area contributed by atoms with Gasteiger partial charge in [0.25, 0.3) is 11.8 Å². The molecule has 2 amide bonds. The van der Waals surface area contributed by atoms with Gasteiger partial charge in [-0.05, 0) is 23.6 Å². The number of hydroxylamine groups is 2. The summed E-state index contributed by atoms with van der Waals surface area (Å²) in [5, 5.41) is 2.15.